The van der Waals surface area contributed by atoms with Gasteiger partial charge in [0.2, 0.25) is 5.78 Å². The van der Waals surface area contributed by atoms with Crippen molar-refractivity contribution in [1.82, 2.24) is 5.32 Å². The van der Waals surface area contributed by atoms with E-state index < -0.39 is 58.1 Å². The fourth-order valence-corrected chi connectivity index (χ4v) is 5.61. The Morgan fingerprint density at radius 2 is 1.89 bits per heavy atom. The number of ketones is 2. The van der Waals surface area contributed by atoms with Crippen LogP contribution in [0.1, 0.15) is 36.5 Å². The molecule has 37 heavy (non-hydrogen) atoms. The van der Waals surface area contributed by atoms with E-state index in [1.807, 2.05) is 0 Å². The van der Waals surface area contributed by atoms with Crippen LogP contribution in [-0.4, -0.2) is 70.3 Å². The van der Waals surface area contributed by atoms with E-state index in [4.69, 9.17) is 10.5 Å². The fourth-order valence-electron chi connectivity index (χ4n) is 5.61. The van der Waals surface area contributed by atoms with E-state index in [0.717, 1.165) is 0 Å². The first-order chi connectivity index (χ1) is 17.3. The topological polar surface area (TPSA) is 200 Å². The highest BCUT2D eigenvalue weighted by atomic mass is 16.5. The number of hydrogen-bond acceptors (Lipinski definition) is 10. The number of phenols is 1. The Kier molecular flexibility index (Phi) is 6.40. The summed E-state index contributed by atoms with van der Waals surface area (Å²) in [5, 5.41) is 46.9. The van der Waals surface area contributed by atoms with Crippen molar-refractivity contribution in [3.05, 3.63) is 39.7 Å². The summed E-state index contributed by atoms with van der Waals surface area (Å²) in [7, 11) is 3.51. The summed E-state index contributed by atoms with van der Waals surface area (Å²) in [4.78, 5) is 51.4. The van der Waals surface area contributed by atoms with Crippen LogP contribution in [-0.2, 0) is 32.1 Å². The van der Waals surface area contributed by atoms with Crippen molar-refractivity contribution in [2.24, 2.45) is 17.6 Å². The average Bonchev–Trinajstić information content (AvgIpc) is 2.80. The number of hydrogen-bond donors (Lipinski definition) is 6. The summed E-state index contributed by atoms with van der Waals surface area (Å²) >= 11 is 0. The molecule has 0 radical (unpaired) electrons. The van der Waals surface area contributed by atoms with Gasteiger partial charge in [-0.1, -0.05) is 0 Å². The molecule has 2 amide bonds. The van der Waals surface area contributed by atoms with Crippen LogP contribution in [0.5, 0.6) is 5.75 Å². The first-order valence-corrected chi connectivity index (χ1v) is 11.8. The minimum atomic E-state index is -2.63. The van der Waals surface area contributed by atoms with Crippen LogP contribution in [0.3, 0.4) is 0 Å². The minimum absolute atomic E-state index is 0.0426. The third-order valence-corrected chi connectivity index (χ3v) is 7.30. The minimum Gasteiger partial charge on any atom is -0.508 e. The predicted molar refractivity (Wildman–Crippen MR) is 130 cm³/mol. The molecule has 0 aromatic heterocycles. The molecule has 0 bridgehead atoms. The number of alkyl carbamates (subject to hydrolysis) is 1. The molecule has 198 valence electrons. The molecule has 1 fully saturated rings. The number of aliphatic hydroxyl groups is 3. The second kappa shape index (κ2) is 9.11. The van der Waals surface area contributed by atoms with Crippen LogP contribution in [0, 0.1) is 11.8 Å². The number of primary amides is 1. The summed E-state index contributed by atoms with van der Waals surface area (Å²) in [5.74, 6) is -6.88. The van der Waals surface area contributed by atoms with Crippen LogP contribution in [0.15, 0.2) is 23.0 Å². The van der Waals surface area contributed by atoms with Gasteiger partial charge < -0.3 is 41.1 Å². The van der Waals surface area contributed by atoms with Gasteiger partial charge in [0, 0.05) is 49.8 Å². The highest BCUT2D eigenvalue weighted by Gasteiger charge is 2.60. The summed E-state index contributed by atoms with van der Waals surface area (Å²) in [6.45, 7) is 1.65. The lowest BCUT2D eigenvalue weighted by Crippen LogP contribution is -2.58. The number of nitrogens with zero attached hydrogens (tertiary/aromatic N) is 1. The number of anilines is 1. The third kappa shape index (κ3) is 3.88. The molecule has 0 aliphatic heterocycles. The molecule has 0 saturated heterocycles. The number of fused-ring (bicyclic) bond motifs is 3. The van der Waals surface area contributed by atoms with Crippen LogP contribution < -0.4 is 16.0 Å². The smallest absolute Gasteiger partial charge is 0.407 e. The van der Waals surface area contributed by atoms with E-state index >= 15 is 0 Å². The van der Waals surface area contributed by atoms with Crippen LogP contribution >= 0.6 is 0 Å². The summed E-state index contributed by atoms with van der Waals surface area (Å²) in [6, 6.07) is 1.65. The molecule has 1 saturated carbocycles. The molecular weight excluding hydrogens is 486 g/mol. The molecule has 3 unspecified atom stereocenters. The van der Waals surface area contributed by atoms with Gasteiger partial charge in [-0.3, -0.25) is 14.4 Å². The molecule has 7 N–H and O–H groups in total. The lowest BCUT2D eigenvalue weighted by Gasteiger charge is -2.46. The number of phenolic OH excluding ortho intramolecular Hbond substituents is 1. The van der Waals surface area contributed by atoms with Gasteiger partial charge in [0.05, 0.1) is 12.2 Å². The van der Waals surface area contributed by atoms with E-state index in [1.165, 1.54) is 0 Å². The quantitative estimate of drug-likeness (QED) is 0.304. The number of aromatic hydroxyl groups is 1. The maximum absolute atomic E-state index is 13.6. The zero-order chi connectivity index (χ0) is 27.4. The van der Waals surface area contributed by atoms with E-state index in [1.54, 1.807) is 32.0 Å². The number of carbonyl (C=O) groups excluding carboxylic acids is 4. The van der Waals surface area contributed by atoms with E-state index in [-0.39, 0.29) is 54.9 Å². The van der Waals surface area contributed by atoms with Gasteiger partial charge in [0.25, 0.3) is 5.91 Å². The monoisotopic (exact) mass is 515 g/mol. The predicted octanol–water partition coefficient (Wildman–Crippen LogP) is 0.736. The Balaban J connectivity index is 1.87. The number of carbonyl (C=O) groups is 4. The third-order valence-electron chi connectivity index (χ3n) is 7.30. The van der Waals surface area contributed by atoms with Gasteiger partial charge in [0.15, 0.2) is 11.4 Å². The van der Waals surface area contributed by atoms with Gasteiger partial charge in [-0.05, 0) is 37.3 Å². The zero-order valence-electron chi connectivity index (χ0n) is 20.6. The maximum Gasteiger partial charge on any atom is 0.407 e. The SMILES string of the molecule is CCOC(=O)NCc1cc(N(C)C)c2c(c1O)C(O)=C1C(=O)C3(O)C(O)=C(C(N)=O)C(=O)CC3CC1C2. The maximum atomic E-state index is 13.6. The van der Waals surface area contributed by atoms with Crippen LogP contribution in [0.4, 0.5) is 10.5 Å². The highest BCUT2D eigenvalue weighted by Crippen LogP contribution is 2.53. The van der Waals surface area contributed by atoms with Crippen molar-refractivity contribution < 1.29 is 44.3 Å². The molecule has 12 nitrogen and oxygen atoms in total. The summed E-state index contributed by atoms with van der Waals surface area (Å²) in [6.07, 6.45) is -0.862. The molecule has 4 rings (SSSR count). The van der Waals surface area contributed by atoms with Crippen molar-refractivity contribution in [2.75, 3.05) is 25.6 Å². The average molecular weight is 516 g/mol. The fraction of sp³-hybridized carbons (Fsp3) is 0.440. The number of rotatable bonds is 5. The Hall–Kier alpha value is -4.06. The number of ether oxygens (including phenoxy) is 1. The van der Waals surface area contributed by atoms with E-state index in [9.17, 15) is 39.6 Å². The number of aliphatic hydroxyl groups excluding tert-OH is 2. The van der Waals surface area contributed by atoms with Crippen LogP contribution in [0.2, 0.25) is 0 Å². The molecule has 1 aromatic rings. The molecule has 3 aliphatic carbocycles. The summed E-state index contributed by atoms with van der Waals surface area (Å²) in [5.41, 5.74) is 2.86. The molecule has 1 aromatic carbocycles. The number of Topliss-reactive ketones (excluding diaryl/α,β-unsaturated/α-hetero) is 2. The van der Waals surface area contributed by atoms with Crippen molar-refractivity contribution in [3.8, 4) is 5.75 Å². The Bertz CT molecular complexity index is 1300. The van der Waals surface area contributed by atoms with Gasteiger partial charge in [-0.25, -0.2) is 4.79 Å². The van der Waals surface area contributed by atoms with Crippen LogP contribution in [0.25, 0.3) is 5.76 Å². The van der Waals surface area contributed by atoms with Gasteiger partial charge in [-0.15, -0.1) is 0 Å². The molecule has 3 aliphatic rings. The van der Waals surface area contributed by atoms with Crippen molar-refractivity contribution in [3.63, 3.8) is 0 Å². The lowest BCUT2D eigenvalue weighted by atomic mass is 9.59. The van der Waals surface area contributed by atoms with Gasteiger partial charge >= 0.3 is 6.09 Å². The summed E-state index contributed by atoms with van der Waals surface area (Å²) < 4.78 is 4.85. The van der Waals surface area contributed by atoms with Crippen molar-refractivity contribution in [1.29, 1.82) is 0 Å². The lowest BCUT2D eigenvalue weighted by molar-refractivity contribution is -0.147. The van der Waals surface area contributed by atoms with Crippen molar-refractivity contribution in [2.45, 2.75) is 38.3 Å². The molecule has 3 atom stereocenters. The molecular formula is C25H29N3O9. The molecule has 0 spiro atoms. The number of benzene rings is 1. The largest absolute Gasteiger partial charge is 0.508 e. The normalized spacial score (nSPS) is 24.8. The zero-order valence-corrected chi connectivity index (χ0v) is 20.6. The Morgan fingerprint density at radius 1 is 1.22 bits per heavy atom. The van der Waals surface area contributed by atoms with E-state index in [0.29, 0.717) is 11.3 Å². The second-order valence-corrected chi connectivity index (χ2v) is 9.63. The first kappa shape index (κ1) is 26.0. The number of nitrogens with two attached hydrogens (primary N) is 1. The van der Waals surface area contributed by atoms with Gasteiger partial charge in [-0.2, -0.15) is 0 Å². The number of nitrogens with one attached hydrogen (secondary N) is 1. The first-order valence-electron chi connectivity index (χ1n) is 11.8. The Labute approximate surface area is 212 Å². The molecule has 12 heteroatoms. The van der Waals surface area contributed by atoms with Crippen molar-refractivity contribution >= 4 is 35.0 Å². The standard InChI is InChI=1S/C25H29N3O9/c1-4-37-24(35)27-9-11-7-14(28(2)3)13-6-10-5-12-8-15(29)18(23(26)34)22(33)25(12,36)21(32)16(10)20(31)17(13)19(11)30/h7,10,12,30-31,33,36H,4-6,8-9H2,1-3H3,(H2,26,34)(H,27,35). The van der Waals surface area contributed by atoms with Gasteiger partial charge in [0.1, 0.15) is 22.8 Å². The van der Waals surface area contributed by atoms with E-state index in [2.05, 4.69) is 5.32 Å². The Morgan fingerprint density at radius 3 is 2.49 bits per heavy atom. The highest BCUT2D eigenvalue weighted by molar-refractivity contribution is 6.22. The second-order valence-electron chi connectivity index (χ2n) is 9.63. The molecule has 0 heterocycles. The number of amides is 2.